The fraction of sp³-hybridized carbons (Fsp3) is 0.429. The molecule has 0 unspecified atom stereocenters. The number of hydrogen-bond acceptors (Lipinski definition) is 4. The van der Waals surface area contributed by atoms with Crippen LogP contribution in [0.15, 0.2) is 39.2 Å². The number of oxazole rings is 1. The van der Waals surface area contributed by atoms with Gasteiger partial charge >= 0.3 is 0 Å². The van der Waals surface area contributed by atoms with Crippen molar-refractivity contribution in [2.24, 2.45) is 0 Å². The van der Waals surface area contributed by atoms with E-state index in [1.165, 1.54) is 0 Å². The van der Waals surface area contributed by atoms with Gasteiger partial charge in [0.05, 0.1) is 0 Å². The third kappa shape index (κ3) is 3.88. The molecule has 4 rings (SSSR count). The lowest BCUT2D eigenvalue weighted by Crippen LogP contribution is -2.37. The summed E-state index contributed by atoms with van der Waals surface area (Å²) in [7, 11) is 0. The predicted octanol–water partition coefficient (Wildman–Crippen LogP) is 5.65. The third-order valence-corrected chi connectivity index (χ3v) is 5.43. The average Bonchev–Trinajstić information content (AvgIpc) is 3.29. The highest BCUT2D eigenvalue weighted by Gasteiger charge is 2.27. The number of fused-ring (bicyclic) bond motifs is 1. The lowest BCUT2D eigenvalue weighted by atomic mass is 9.86. The van der Waals surface area contributed by atoms with E-state index in [1.54, 1.807) is 6.07 Å². The summed E-state index contributed by atoms with van der Waals surface area (Å²) in [6.07, 6.45) is 3.66. The van der Waals surface area contributed by atoms with E-state index in [-0.39, 0.29) is 23.8 Å². The Labute approximate surface area is 163 Å². The summed E-state index contributed by atoms with van der Waals surface area (Å²) < 4.78 is 11.5. The Bertz CT molecular complexity index is 951. The number of benzene rings is 1. The first-order valence-electron chi connectivity index (χ1n) is 9.46. The van der Waals surface area contributed by atoms with Crippen LogP contribution in [0.5, 0.6) is 0 Å². The van der Waals surface area contributed by atoms with Crippen molar-refractivity contribution in [3.63, 3.8) is 0 Å². The minimum Gasteiger partial charge on any atom is -0.456 e. The van der Waals surface area contributed by atoms with Gasteiger partial charge in [0.1, 0.15) is 11.3 Å². The predicted molar refractivity (Wildman–Crippen MR) is 104 cm³/mol. The minimum absolute atomic E-state index is 0.137. The normalized spacial score (nSPS) is 20.3. The molecule has 0 atom stereocenters. The molecule has 0 aliphatic heterocycles. The average molecular weight is 387 g/mol. The van der Waals surface area contributed by atoms with Crippen molar-refractivity contribution in [3.8, 4) is 0 Å². The van der Waals surface area contributed by atoms with E-state index in [4.69, 9.17) is 20.4 Å². The van der Waals surface area contributed by atoms with Crippen LogP contribution in [-0.2, 0) is 0 Å². The number of carbonyl (C=O) groups is 1. The van der Waals surface area contributed by atoms with Crippen LogP contribution in [0.25, 0.3) is 11.1 Å². The second kappa shape index (κ2) is 7.39. The van der Waals surface area contributed by atoms with Crippen LogP contribution in [0.2, 0.25) is 5.02 Å². The number of aromatic nitrogens is 1. The summed E-state index contributed by atoms with van der Waals surface area (Å²) in [5.41, 5.74) is 1.57. The number of halogens is 1. The minimum atomic E-state index is -0.137. The molecule has 0 spiro atoms. The monoisotopic (exact) mass is 386 g/mol. The highest BCUT2D eigenvalue weighted by molar-refractivity contribution is 6.31. The molecule has 1 N–H and O–H groups in total. The van der Waals surface area contributed by atoms with Crippen LogP contribution >= 0.6 is 11.6 Å². The molecule has 1 amide bonds. The van der Waals surface area contributed by atoms with Gasteiger partial charge in [-0.1, -0.05) is 25.4 Å². The zero-order chi connectivity index (χ0) is 19.0. The molecular formula is C21H23ClN2O3. The summed E-state index contributed by atoms with van der Waals surface area (Å²) in [6, 6.07) is 9.26. The van der Waals surface area contributed by atoms with Crippen LogP contribution in [0, 0.1) is 0 Å². The fourth-order valence-electron chi connectivity index (χ4n) is 3.62. The third-order valence-electron chi connectivity index (χ3n) is 5.20. The van der Waals surface area contributed by atoms with Crippen LogP contribution in [0.4, 0.5) is 0 Å². The summed E-state index contributed by atoms with van der Waals surface area (Å²) in [4.78, 5) is 17.0. The molecule has 1 fully saturated rings. The molecule has 1 aromatic carbocycles. The Balaban J connectivity index is 1.35. The van der Waals surface area contributed by atoms with Crippen molar-refractivity contribution in [1.29, 1.82) is 0 Å². The van der Waals surface area contributed by atoms with E-state index in [0.717, 1.165) is 48.4 Å². The van der Waals surface area contributed by atoms with Crippen LogP contribution in [-0.4, -0.2) is 16.9 Å². The number of nitrogens with zero attached hydrogens (tertiary/aromatic N) is 1. The second-order valence-corrected chi connectivity index (χ2v) is 7.98. The molecule has 6 heteroatoms. The molecule has 0 bridgehead atoms. The zero-order valence-corrected chi connectivity index (χ0v) is 16.3. The number of carbonyl (C=O) groups excluding carboxylic acids is 1. The molecule has 1 aliphatic rings. The standard InChI is InChI=1S/C21H23ClN2O3/c1-12(2)17-9-10-19(26-17)20(25)23-15-6-3-13(4-7-15)21-24-16-11-14(22)5-8-18(16)27-21/h5,8-13,15H,3-4,6-7H2,1-2H3,(H,23,25). The molecule has 1 aliphatic carbocycles. The number of furan rings is 1. The highest BCUT2D eigenvalue weighted by atomic mass is 35.5. The first-order valence-corrected chi connectivity index (χ1v) is 9.84. The Kier molecular flexibility index (Phi) is 4.96. The smallest absolute Gasteiger partial charge is 0.287 e. The fourth-order valence-corrected chi connectivity index (χ4v) is 3.79. The van der Waals surface area contributed by atoms with E-state index in [9.17, 15) is 4.79 Å². The van der Waals surface area contributed by atoms with Gasteiger partial charge in [0, 0.05) is 22.9 Å². The van der Waals surface area contributed by atoms with Gasteiger partial charge in [-0.15, -0.1) is 0 Å². The molecule has 0 radical (unpaired) electrons. The Morgan fingerprint density at radius 3 is 2.63 bits per heavy atom. The first kappa shape index (κ1) is 18.1. The molecule has 3 aromatic rings. The zero-order valence-electron chi connectivity index (χ0n) is 15.5. The van der Waals surface area contributed by atoms with E-state index >= 15 is 0 Å². The maximum absolute atomic E-state index is 12.4. The topological polar surface area (TPSA) is 68.3 Å². The maximum Gasteiger partial charge on any atom is 0.287 e. The second-order valence-electron chi connectivity index (χ2n) is 7.54. The van der Waals surface area contributed by atoms with Gasteiger partial charge in [0.25, 0.3) is 5.91 Å². The van der Waals surface area contributed by atoms with Crippen molar-refractivity contribution in [1.82, 2.24) is 10.3 Å². The summed E-state index contributed by atoms with van der Waals surface area (Å²) in [5, 5.41) is 3.75. The number of hydrogen-bond donors (Lipinski definition) is 1. The lowest BCUT2D eigenvalue weighted by molar-refractivity contribution is 0.0894. The molecule has 2 heterocycles. The van der Waals surface area contributed by atoms with Gasteiger partial charge in [0.2, 0.25) is 0 Å². The highest BCUT2D eigenvalue weighted by Crippen LogP contribution is 2.34. The van der Waals surface area contributed by atoms with Crippen molar-refractivity contribution in [3.05, 3.63) is 52.8 Å². The molecule has 2 aromatic heterocycles. The summed E-state index contributed by atoms with van der Waals surface area (Å²) >= 11 is 6.02. The van der Waals surface area contributed by atoms with Gasteiger partial charge in [-0.3, -0.25) is 4.79 Å². The number of nitrogens with one attached hydrogen (secondary N) is 1. The van der Waals surface area contributed by atoms with Crippen molar-refractivity contribution in [2.75, 3.05) is 0 Å². The number of rotatable bonds is 4. The Morgan fingerprint density at radius 1 is 1.15 bits per heavy atom. The molecule has 1 saturated carbocycles. The van der Waals surface area contributed by atoms with E-state index in [1.807, 2.05) is 38.1 Å². The van der Waals surface area contributed by atoms with Crippen LogP contribution in [0.1, 0.15) is 73.6 Å². The van der Waals surface area contributed by atoms with Crippen LogP contribution < -0.4 is 5.32 Å². The van der Waals surface area contributed by atoms with Gasteiger partial charge in [0.15, 0.2) is 17.2 Å². The quantitative estimate of drug-likeness (QED) is 0.628. The van der Waals surface area contributed by atoms with Crippen molar-refractivity contribution < 1.29 is 13.6 Å². The molecule has 27 heavy (non-hydrogen) atoms. The summed E-state index contributed by atoms with van der Waals surface area (Å²) in [6.45, 7) is 4.09. The summed E-state index contributed by atoms with van der Waals surface area (Å²) in [5.74, 6) is 2.40. The van der Waals surface area contributed by atoms with Gasteiger partial charge in [-0.25, -0.2) is 4.98 Å². The maximum atomic E-state index is 12.4. The largest absolute Gasteiger partial charge is 0.456 e. The van der Waals surface area contributed by atoms with Crippen LogP contribution in [0.3, 0.4) is 0 Å². The molecule has 5 nitrogen and oxygen atoms in total. The number of amides is 1. The Morgan fingerprint density at radius 2 is 1.93 bits per heavy atom. The van der Waals surface area contributed by atoms with Gasteiger partial charge in [-0.05, 0) is 56.0 Å². The van der Waals surface area contributed by atoms with Gasteiger partial charge in [-0.2, -0.15) is 0 Å². The molecule has 0 saturated heterocycles. The van der Waals surface area contributed by atoms with Crippen molar-refractivity contribution >= 4 is 28.6 Å². The molecular weight excluding hydrogens is 364 g/mol. The Hall–Kier alpha value is -2.27. The molecule has 142 valence electrons. The van der Waals surface area contributed by atoms with E-state index in [0.29, 0.717) is 10.8 Å². The van der Waals surface area contributed by atoms with Crippen molar-refractivity contribution in [2.45, 2.75) is 57.4 Å². The first-order chi connectivity index (χ1) is 13.0. The lowest BCUT2D eigenvalue weighted by Gasteiger charge is -2.27. The van der Waals surface area contributed by atoms with E-state index < -0.39 is 0 Å². The van der Waals surface area contributed by atoms with Gasteiger partial charge < -0.3 is 14.2 Å². The SMILES string of the molecule is CC(C)c1ccc(C(=O)NC2CCC(c3nc4cc(Cl)ccc4o3)CC2)o1. The van der Waals surface area contributed by atoms with E-state index in [2.05, 4.69) is 10.3 Å².